The lowest BCUT2D eigenvalue weighted by Gasteiger charge is -2.14. The lowest BCUT2D eigenvalue weighted by molar-refractivity contribution is 0.584. The fourth-order valence-corrected chi connectivity index (χ4v) is 3.43. The molecule has 3 rings (SSSR count). The lowest BCUT2D eigenvalue weighted by Crippen LogP contribution is -2.07. The van der Waals surface area contributed by atoms with Crippen LogP contribution in [0, 0.1) is 18.6 Å². The maximum Gasteiger partial charge on any atom is 0.222 e. The summed E-state index contributed by atoms with van der Waals surface area (Å²) < 4.78 is 26.8. The number of halogens is 2. The van der Waals surface area contributed by atoms with Gasteiger partial charge in [-0.25, -0.2) is 13.8 Å². The minimum atomic E-state index is -0.575. The Hall–Kier alpha value is -3.02. The Morgan fingerprint density at radius 2 is 1.57 bits per heavy atom. The standard InChI is InChI=1S/C22H24F2N4/c1-13(4-3-5-20-14(2)27-22(26)28-21(20)25)15-6-8-16(9-7-15)17-10-18(23)12-19(24)11-17/h6-13H,3-5H2,1-2H3,(H4,25,26,27,28). The van der Waals surface area contributed by atoms with Gasteiger partial charge in [-0.05, 0) is 60.9 Å². The molecule has 28 heavy (non-hydrogen) atoms. The Morgan fingerprint density at radius 3 is 2.18 bits per heavy atom. The van der Waals surface area contributed by atoms with Gasteiger partial charge in [-0.1, -0.05) is 31.2 Å². The van der Waals surface area contributed by atoms with E-state index in [0.29, 0.717) is 17.3 Å². The molecule has 0 aliphatic rings. The summed E-state index contributed by atoms with van der Waals surface area (Å²) in [7, 11) is 0. The smallest absolute Gasteiger partial charge is 0.222 e. The van der Waals surface area contributed by atoms with E-state index in [9.17, 15) is 8.78 Å². The maximum absolute atomic E-state index is 13.4. The second kappa shape index (κ2) is 8.33. The highest BCUT2D eigenvalue weighted by atomic mass is 19.1. The molecular weight excluding hydrogens is 358 g/mol. The third-order valence-electron chi connectivity index (χ3n) is 5.00. The van der Waals surface area contributed by atoms with E-state index in [1.54, 1.807) is 0 Å². The molecule has 146 valence electrons. The first kappa shape index (κ1) is 19.7. The van der Waals surface area contributed by atoms with E-state index in [4.69, 9.17) is 11.5 Å². The van der Waals surface area contributed by atoms with Crippen LogP contribution < -0.4 is 11.5 Å². The Bertz CT molecular complexity index is 928. The van der Waals surface area contributed by atoms with E-state index in [2.05, 4.69) is 16.9 Å². The van der Waals surface area contributed by atoms with Gasteiger partial charge in [0.25, 0.3) is 0 Å². The van der Waals surface area contributed by atoms with Gasteiger partial charge in [0.05, 0.1) is 0 Å². The van der Waals surface area contributed by atoms with Gasteiger partial charge >= 0.3 is 0 Å². The van der Waals surface area contributed by atoms with Gasteiger partial charge in [-0.3, -0.25) is 0 Å². The molecule has 0 aliphatic carbocycles. The second-order valence-electron chi connectivity index (χ2n) is 7.10. The van der Waals surface area contributed by atoms with Crippen molar-refractivity contribution in [1.29, 1.82) is 0 Å². The quantitative estimate of drug-likeness (QED) is 0.627. The van der Waals surface area contributed by atoms with Gasteiger partial charge in [0.1, 0.15) is 17.5 Å². The number of nitrogen functional groups attached to an aromatic ring is 2. The number of hydrogen-bond donors (Lipinski definition) is 2. The van der Waals surface area contributed by atoms with E-state index in [-0.39, 0.29) is 5.95 Å². The predicted octanol–water partition coefficient (Wildman–Crippen LogP) is 5.02. The van der Waals surface area contributed by atoms with Gasteiger partial charge in [0.15, 0.2) is 0 Å². The van der Waals surface area contributed by atoms with Crippen molar-refractivity contribution in [3.05, 3.63) is 70.9 Å². The van der Waals surface area contributed by atoms with Gasteiger partial charge in [-0.2, -0.15) is 4.98 Å². The topological polar surface area (TPSA) is 77.8 Å². The first-order valence-corrected chi connectivity index (χ1v) is 9.28. The van der Waals surface area contributed by atoms with Crippen molar-refractivity contribution >= 4 is 11.8 Å². The zero-order valence-corrected chi connectivity index (χ0v) is 16.0. The number of anilines is 2. The van der Waals surface area contributed by atoms with Crippen molar-refractivity contribution in [2.75, 3.05) is 11.5 Å². The molecule has 1 aromatic heterocycles. The van der Waals surface area contributed by atoms with Crippen LogP contribution in [0.1, 0.15) is 42.5 Å². The lowest BCUT2D eigenvalue weighted by atomic mass is 9.92. The van der Waals surface area contributed by atoms with Gasteiger partial charge in [0.2, 0.25) is 5.95 Å². The molecule has 1 unspecified atom stereocenters. The van der Waals surface area contributed by atoms with Crippen LogP contribution >= 0.6 is 0 Å². The normalized spacial score (nSPS) is 12.1. The van der Waals surface area contributed by atoms with E-state index < -0.39 is 11.6 Å². The number of aryl methyl sites for hydroxylation is 1. The third-order valence-corrected chi connectivity index (χ3v) is 5.00. The molecule has 0 saturated carbocycles. The van der Waals surface area contributed by atoms with E-state index in [1.807, 2.05) is 31.2 Å². The monoisotopic (exact) mass is 382 g/mol. The number of rotatable bonds is 6. The zero-order valence-electron chi connectivity index (χ0n) is 16.0. The summed E-state index contributed by atoms with van der Waals surface area (Å²) in [6.45, 7) is 4.05. The Balaban J connectivity index is 1.63. The number of hydrogen-bond acceptors (Lipinski definition) is 4. The molecule has 0 fully saturated rings. The fraction of sp³-hybridized carbons (Fsp3) is 0.273. The summed E-state index contributed by atoms with van der Waals surface area (Å²) in [6, 6.07) is 11.4. The average molecular weight is 382 g/mol. The highest BCUT2D eigenvalue weighted by molar-refractivity contribution is 5.63. The average Bonchev–Trinajstić information content (AvgIpc) is 2.63. The summed E-state index contributed by atoms with van der Waals surface area (Å²) >= 11 is 0. The van der Waals surface area contributed by atoms with Gasteiger partial charge in [-0.15, -0.1) is 0 Å². The highest BCUT2D eigenvalue weighted by Crippen LogP contribution is 2.27. The molecular formula is C22H24F2N4. The summed E-state index contributed by atoms with van der Waals surface area (Å²) in [4.78, 5) is 8.21. The van der Waals surface area contributed by atoms with Crippen LogP contribution in [-0.2, 0) is 6.42 Å². The molecule has 2 aromatic carbocycles. The molecule has 1 atom stereocenters. The van der Waals surface area contributed by atoms with Crippen LogP contribution in [0.25, 0.3) is 11.1 Å². The molecule has 0 amide bonds. The number of nitrogens with two attached hydrogens (primary N) is 2. The van der Waals surface area contributed by atoms with Crippen LogP contribution in [-0.4, -0.2) is 9.97 Å². The predicted molar refractivity (Wildman–Crippen MR) is 109 cm³/mol. The summed E-state index contributed by atoms with van der Waals surface area (Å²) in [6.07, 6.45) is 2.70. The van der Waals surface area contributed by atoms with Crippen molar-refractivity contribution in [2.24, 2.45) is 0 Å². The van der Waals surface area contributed by atoms with Crippen LogP contribution in [0.2, 0.25) is 0 Å². The number of aromatic nitrogens is 2. The molecule has 0 radical (unpaired) electrons. The van der Waals surface area contributed by atoms with Crippen LogP contribution in [0.4, 0.5) is 20.5 Å². The summed E-state index contributed by atoms with van der Waals surface area (Å²) in [5.74, 6) is -0.161. The SMILES string of the molecule is Cc1nc(N)nc(N)c1CCCC(C)c1ccc(-c2cc(F)cc(F)c2)cc1. The molecule has 3 aromatic rings. The van der Waals surface area contributed by atoms with E-state index >= 15 is 0 Å². The summed E-state index contributed by atoms with van der Waals surface area (Å²) in [5, 5.41) is 0. The molecule has 1 heterocycles. The molecule has 0 spiro atoms. The first-order chi connectivity index (χ1) is 13.3. The molecule has 4 nitrogen and oxygen atoms in total. The van der Waals surface area contributed by atoms with Crippen molar-refractivity contribution in [3.63, 3.8) is 0 Å². The van der Waals surface area contributed by atoms with Crippen molar-refractivity contribution < 1.29 is 8.78 Å². The van der Waals surface area contributed by atoms with Gasteiger partial charge < -0.3 is 11.5 Å². The minimum Gasteiger partial charge on any atom is -0.383 e. The van der Waals surface area contributed by atoms with Crippen molar-refractivity contribution in [1.82, 2.24) is 9.97 Å². The molecule has 6 heteroatoms. The highest BCUT2D eigenvalue weighted by Gasteiger charge is 2.11. The Kier molecular flexibility index (Phi) is 5.87. The Labute approximate surface area is 163 Å². The van der Waals surface area contributed by atoms with Crippen LogP contribution in [0.5, 0.6) is 0 Å². The van der Waals surface area contributed by atoms with Crippen molar-refractivity contribution in [3.8, 4) is 11.1 Å². The Morgan fingerprint density at radius 1 is 0.929 bits per heavy atom. The van der Waals surface area contributed by atoms with Crippen LogP contribution in [0.3, 0.4) is 0 Å². The molecule has 4 N–H and O–H groups in total. The van der Waals surface area contributed by atoms with Crippen LogP contribution in [0.15, 0.2) is 42.5 Å². The number of nitrogens with zero attached hydrogens (tertiary/aromatic N) is 2. The first-order valence-electron chi connectivity index (χ1n) is 9.28. The largest absolute Gasteiger partial charge is 0.383 e. The van der Waals surface area contributed by atoms with Gasteiger partial charge in [0, 0.05) is 17.3 Å². The van der Waals surface area contributed by atoms with E-state index in [1.165, 1.54) is 17.7 Å². The molecule has 0 aliphatic heterocycles. The van der Waals surface area contributed by atoms with E-state index in [0.717, 1.165) is 42.1 Å². The summed E-state index contributed by atoms with van der Waals surface area (Å²) in [5.41, 5.74) is 15.8. The minimum absolute atomic E-state index is 0.199. The molecule has 0 saturated heterocycles. The third kappa shape index (κ3) is 4.63. The maximum atomic E-state index is 13.4. The second-order valence-corrected chi connectivity index (χ2v) is 7.10. The fourth-order valence-electron chi connectivity index (χ4n) is 3.43. The molecule has 0 bridgehead atoms. The number of benzene rings is 2. The van der Waals surface area contributed by atoms with Crippen molar-refractivity contribution in [2.45, 2.75) is 39.0 Å². The zero-order chi connectivity index (χ0) is 20.3.